The Morgan fingerprint density at radius 1 is 1.22 bits per heavy atom. The van der Waals surface area contributed by atoms with E-state index in [9.17, 15) is 4.39 Å². The summed E-state index contributed by atoms with van der Waals surface area (Å²) in [6.45, 7) is 5.85. The Morgan fingerprint density at radius 2 is 2.00 bits per heavy atom. The fraction of sp³-hybridized carbons (Fsp3) is 0.333. The fourth-order valence-corrected chi connectivity index (χ4v) is 2.70. The largest absolute Gasteiger partial charge is 0.355 e. The second-order valence-corrected chi connectivity index (χ2v) is 5.40. The molecule has 0 atom stereocenters. The molecule has 0 aliphatic heterocycles. The van der Waals surface area contributed by atoms with Gasteiger partial charge in [0.2, 0.25) is 0 Å². The zero-order valence-electron chi connectivity index (χ0n) is 12.9. The molecule has 120 valence electrons. The summed E-state index contributed by atoms with van der Waals surface area (Å²) in [7, 11) is 0. The van der Waals surface area contributed by atoms with Crippen LogP contribution in [0.25, 0.3) is 11.2 Å². The maximum Gasteiger partial charge on any atom is 0.184 e. The molecule has 0 aliphatic rings. The lowest BCUT2D eigenvalue weighted by molar-refractivity contribution is 0.582. The molecule has 3 rings (SSSR count). The first-order valence-corrected chi connectivity index (χ1v) is 7.75. The van der Waals surface area contributed by atoms with Crippen LogP contribution in [0, 0.1) is 5.82 Å². The Bertz CT molecular complexity index is 810. The number of hydrogen-bond donors (Lipinski definition) is 0. The van der Waals surface area contributed by atoms with Gasteiger partial charge < -0.3 is 4.90 Å². The summed E-state index contributed by atoms with van der Waals surface area (Å²) in [6.07, 6.45) is 1.47. The molecule has 0 spiro atoms. The number of rotatable bonds is 5. The van der Waals surface area contributed by atoms with Crippen molar-refractivity contribution in [1.29, 1.82) is 0 Å². The lowest BCUT2D eigenvalue weighted by atomic mass is 10.2. The van der Waals surface area contributed by atoms with E-state index in [4.69, 9.17) is 11.6 Å². The minimum atomic E-state index is -0.376. The van der Waals surface area contributed by atoms with E-state index in [-0.39, 0.29) is 12.4 Å². The first-order valence-electron chi connectivity index (χ1n) is 7.37. The Kier molecular flexibility index (Phi) is 4.38. The minimum absolute atomic E-state index is 0.163. The van der Waals surface area contributed by atoms with E-state index in [1.165, 1.54) is 17.1 Å². The van der Waals surface area contributed by atoms with Gasteiger partial charge in [0, 0.05) is 23.7 Å². The summed E-state index contributed by atoms with van der Waals surface area (Å²) in [6, 6.07) is 4.59. The van der Waals surface area contributed by atoms with Gasteiger partial charge in [-0.2, -0.15) is 0 Å². The number of nitrogens with zero attached hydrogens (tertiary/aromatic N) is 6. The molecule has 0 unspecified atom stereocenters. The minimum Gasteiger partial charge on any atom is -0.355 e. The number of halogens is 2. The fourth-order valence-electron chi connectivity index (χ4n) is 2.47. The molecule has 0 saturated heterocycles. The van der Waals surface area contributed by atoms with Gasteiger partial charge in [0.05, 0.1) is 6.54 Å². The van der Waals surface area contributed by atoms with E-state index in [1.807, 2.05) is 13.8 Å². The third kappa shape index (κ3) is 2.84. The predicted molar refractivity (Wildman–Crippen MR) is 87.2 cm³/mol. The summed E-state index contributed by atoms with van der Waals surface area (Å²) >= 11 is 6.08. The second kappa shape index (κ2) is 6.45. The molecule has 0 aliphatic carbocycles. The second-order valence-electron chi connectivity index (χ2n) is 4.99. The summed E-state index contributed by atoms with van der Waals surface area (Å²) < 4.78 is 15.5. The molecule has 0 fully saturated rings. The van der Waals surface area contributed by atoms with Crippen LogP contribution in [0.5, 0.6) is 0 Å². The Hall–Kier alpha value is -2.28. The predicted octanol–water partition coefficient (Wildman–Crippen LogP) is 2.91. The molecule has 0 radical (unpaired) electrons. The van der Waals surface area contributed by atoms with Crippen LogP contribution >= 0.6 is 11.6 Å². The monoisotopic (exact) mass is 334 g/mol. The number of fused-ring (bicyclic) bond motifs is 1. The van der Waals surface area contributed by atoms with Crippen LogP contribution in [0.4, 0.5) is 10.2 Å². The van der Waals surface area contributed by atoms with Crippen molar-refractivity contribution in [2.75, 3.05) is 18.0 Å². The molecule has 2 aromatic heterocycles. The van der Waals surface area contributed by atoms with Crippen molar-refractivity contribution in [2.45, 2.75) is 20.4 Å². The molecule has 0 N–H and O–H groups in total. The summed E-state index contributed by atoms with van der Waals surface area (Å²) in [5.74, 6) is 0.352. The molecule has 0 amide bonds. The molecular formula is C15H16ClFN6. The van der Waals surface area contributed by atoms with Crippen molar-refractivity contribution in [3.8, 4) is 0 Å². The standard InChI is InChI=1S/C15H16ClFN6/c1-3-22(4-2)14-13-15(19-9-18-14)23(21-20-13)8-10-11(16)6-5-7-12(10)17/h5-7,9H,3-4,8H2,1-2H3. The van der Waals surface area contributed by atoms with Crippen LogP contribution in [0.15, 0.2) is 24.5 Å². The van der Waals surface area contributed by atoms with Gasteiger partial charge in [-0.25, -0.2) is 19.0 Å². The first kappa shape index (κ1) is 15.6. The van der Waals surface area contributed by atoms with Crippen molar-refractivity contribution >= 4 is 28.6 Å². The Labute approximate surface area is 137 Å². The summed E-state index contributed by atoms with van der Waals surface area (Å²) in [5, 5.41) is 8.62. The molecule has 23 heavy (non-hydrogen) atoms. The Morgan fingerprint density at radius 3 is 2.70 bits per heavy atom. The van der Waals surface area contributed by atoms with Crippen molar-refractivity contribution in [3.05, 3.63) is 40.9 Å². The molecule has 6 nitrogen and oxygen atoms in total. The highest BCUT2D eigenvalue weighted by Gasteiger charge is 2.17. The quantitative estimate of drug-likeness (QED) is 0.718. The highest BCUT2D eigenvalue weighted by atomic mass is 35.5. The molecule has 0 saturated carbocycles. The van der Waals surface area contributed by atoms with Crippen LogP contribution in [0.1, 0.15) is 19.4 Å². The molecule has 0 bridgehead atoms. The third-order valence-electron chi connectivity index (χ3n) is 3.71. The van der Waals surface area contributed by atoms with E-state index in [0.29, 0.717) is 21.7 Å². The van der Waals surface area contributed by atoms with Gasteiger partial charge in [-0.15, -0.1) is 5.10 Å². The summed E-state index contributed by atoms with van der Waals surface area (Å²) in [4.78, 5) is 10.6. The maximum atomic E-state index is 14.0. The van der Waals surface area contributed by atoms with Crippen LogP contribution in [-0.2, 0) is 6.54 Å². The van der Waals surface area contributed by atoms with Crippen molar-refractivity contribution < 1.29 is 4.39 Å². The van der Waals surface area contributed by atoms with Crippen LogP contribution in [-0.4, -0.2) is 38.1 Å². The van der Waals surface area contributed by atoms with Gasteiger partial charge in [0.25, 0.3) is 0 Å². The van der Waals surface area contributed by atoms with Crippen LogP contribution in [0.3, 0.4) is 0 Å². The topological polar surface area (TPSA) is 59.7 Å². The lowest BCUT2D eigenvalue weighted by Crippen LogP contribution is -2.23. The average molecular weight is 335 g/mol. The highest BCUT2D eigenvalue weighted by Crippen LogP contribution is 2.23. The SMILES string of the molecule is CCN(CC)c1ncnc2c1nnn2Cc1c(F)cccc1Cl. The number of hydrogen-bond acceptors (Lipinski definition) is 5. The van der Waals surface area contributed by atoms with E-state index in [2.05, 4.69) is 25.2 Å². The first-order chi connectivity index (χ1) is 11.2. The zero-order valence-corrected chi connectivity index (χ0v) is 13.6. The molecular weight excluding hydrogens is 319 g/mol. The van der Waals surface area contributed by atoms with E-state index in [0.717, 1.165) is 18.9 Å². The molecule has 8 heteroatoms. The smallest absolute Gasteiger partial charge is 0.184 e. The number of aromatic nitrogens is 5. The van der Waals surface area contributed by atoms with Gasteiger partial charge in [-0.05, 0) is 26.0 Å². The zero-order chi connectivity index (χ0) is 16.4. The van der Waals surface area contributed by atoms with Crippen molar-refractivity contribution in [1.82, 2.24) is 25.0 Å². The van der Waals surface area contributed by atoms with Crippen molar-refractivity contribution in [2.24, 2.45) is 0 Å². The number of benzene rings is 1. The van der Waals surface area contributed by atoms with Crippen LogP contribution in [0.2, 0.25) is 5.02 Å². The van der Waals surface area contributed by atoms with E-state index in [1.54, 1.807) is 12.1 Å². The van der Waals surface area contributed by atoms with Gasteiger partial charge in [-0.1, -0.05) is 22.9 Å². The van der Waals surface area contributed by atoms with Crippen molar-refractivity contribution in [3.63, 3.8) is 0 Å². The summed E-state index contributed by atoms with van der Waals surface area (Å²) in [5.41, 5.74) is 1.52. The highest BCUT2D eigenvalue weighted by molar-refractivity contribution is 6.31. The lowest BCUT2D eigenvalue weighted by Gasteiger charge is -2.19. The average Bonchev–Trinajstić information content (AvgIpc) is 2.96. The molecule has 3 aromatic rings. The van der Waals surface area contributed by atoms with Gasteiger partial charge in [-0.3, -0.25) is 0 Å². The third-order valence-corrected chi connectivity index (χ3v) is 4.07. The normalized spacial score (nSPS) is 11.1. The molecule has 2 heterocycles. The van der Waals surface area contributed by atoms with E-state index >= 15 is 0 Å². The maximum absolute atomic E-state index is 14.0. The van der Waals surface area contributed by atoms with Gasteiger partial charge in [0.1, 0.15) is 12.1 Å². The Balaban J connectivity index is 2.05. The van der Waals surface area contributed by atoms with Crippen LogP contribution < -0.4 is 4.90 Å². The van der Waals surface area contributed by atoms with Gasteiger partial charge >= 0.3 is 0 Å². The molecule has 1 aromatic carbocycles. The number of anilines is 1. The van der Waals surface area contributed by atoms with E-state index < -0.39 is 0 Å². The van der Waals surface area contributed by atoms with Gasteiger partial charge in [0.15, 0.2) is 17.0 Å².